The monoisotopic (exact) mass is 390 g/mol. The maximum Gasteiger partial charge on any atom is 0.246 e. The zero-order valence-corrected chi connectivity index (χ0v) is 14.3. The van der Waals surface area contributed by atoms with E-state index < -0.39 is 0 Å². The van der Waals surface area contributed by atoms with Crippen molar-refractivity contribution in [2.24, 2.45) is 0 Å². The highest BCUT2D eigenvalue weighted by Crippen LogP contribution is 2.25. The van der Waals surface area contributed by atoms with Crippen molar-refractivity contribution in [2.45, 2.75) is 6.54 Å². The topological polar surface area (TPSA) is 59.8 Å². The standard InChI is InChI=1S/C16H12BrClN4O/c17-13-7-6-12(18)8-14(13)20-15(23)9-22-10-19-16(21-22)11-4-2-1-3-5-11/h1-8,10H,9H2,(H,20,23). The van der Waals surface area contributed by atoms with Gasteiger partial charge in [0.1, 0.15) is 12.9 Å². The largest absolute Gasteiger partial charge is 0.323 e. The van der Waals surface area contributed by atoms with E-state index >= 15 is 0 Å². The lowest BCUT2D eigenvalue weighted by Gasteiger charge is -2.07. The molecule has 23 heavy (non-hydrogen) atoms. The van der Waals surface area contributed by atoms with Gasteiger partial charge in [-0.2, -0.15) is 5.10 Å². The number of carbonyl (C=O) groups excluding carboxylic acids is 1. The van der Waals surface area contributed by atoms with Crippen molar-refractivity contribution in [1.82, 2.24) is 14.8 Å². The number of hydrogen-bond acceptors (Lipinski definition) is 3. The summed E-state index contributed by atoms with van der Waals surface area (Å²) in [5, 5.41) is 7.65. The zero-order chi connectivity index (χ0) is 16.2. The van der Waals surface area contributed by atoms with Crippen molar-refractivity contribution in [2.75, 3.05) is 5.32 Å². The van der Waals surface area contributed by atoms with Crippen LogP contribution in [0.1, 0.15) is 0 Å². The first kappa shape index (κ1) is 15.7. The van der Waals surface area contributed by atoms with Crippen molar-refractivity contribution in [3.63, 3.8) is 0 Å². The summed E-state index contributed by atoms with van der Waals surface area (Å²) < 4.78 is 2.26. The van der Waals surface area contributed by atoms with Crippen LogP contribution in [0, 0.1) is 0 Å². The Kier molecular flexibility index (Phi) is 4.73. The molecule has 116 valence electrons. The highest BCUT2D eigenvalue weighted by Gasteiger charge is 2.09. The number of benzene rings is 2. The molecule has 0 aliphatic carbocycles. The minimum absolute atomic E-state index is 0.0682. The molecule has 1 N–H and O–H groups in total. The highest BCUT2D eigenvalue weighted by atomic mass is 79.9. The molecule has 3 aromatic rings. The Morgan fingerprint density at radius 2 is 2.00 bits per heavy atom. The van der Waals surface area contributed by atoms with Gasteiger partial charge in [-0.3, -0.25) is 4.79 Å². The van der Waals surface area contributed by atoms with Crippen molar-refractivity contribution in [3.05, 3.63) is 64.4 Å². The van der Waals surface area contributed by atoms with E-state index in [0.29, 0.717) is 16.5 Å². The molecule has 0 saturated carbocycles. The van der Waals surface area contributed by atoms with E-state index in [1.165, 1.54) is 11.0 Å². The third kappa shape index (κ3) is 3.97. The van der Waals surface area contributed by atoms with Crippen molar-refractivity contribution < 1.29 is 4.79 Å². The molecule has 1 aromatic heterocycles. The van der Waals surface area contributed by atoms with Gasteiger partial charge in [-0.25, -0.2) is 9.67 Å². The molecule has 0 aliphatic heterocycles. The molecular formula is C16H12BrClN4O. The van der Waals surface area contributed by atoms with Gasteiger partial charge in [-0.05, 0) is 34.1 Å². The van der Waals surface area contributed by atoms with Gasteiger partial charge in [0.05, 0.1) is 5.69 Å². The Morgan fingerprint density at radius 3 is 2.78 bits per heavy atom. The first-order valence-electron chi connectivity index (χ1n) is 6.81. The van der Waals surface area contributed by atoms with Crippen LogP contribution in [-0.4, -0.2) is 20.7 Å². The van der Waals surface area contributed by atoms with Crippen LogP contribution in [0.4, 0.5) is 5.69 Å². The Hall–Kier alpha value is -2.18. The predicted octanol–water partition coefficient (Wildman–Crippen LogP) is 4.00. The summed E-state index contributed by atoms with van der Waals surface area (Å²) in [6, 6.07) is 14.8. The van der Waals surface area contributed by atoms with Gasteiger partial charge >= 0.3 is 0 Å². The van der Waals surface area contributed by atoms with Crippen LogP contribution >= 0.6 is 27.5 Å². The predicted molar refractivity (Wildman–Crippen MR) is 93.2 cm³/mol. The number of amides is 1. The zero-order valence-electron chi connectivity index (χ0n) is 11.9. The van der Waals surface area contributed by atoms with Crippen LogP contribution in [-0.2, 0) is 11.3 Å². The van der Waals surface area contributed by atoms with Crippen molar-refractivity contribution >= 4 is 39.1 Å². The van der Waals surface area contributed by atoms with Crippen LogP contribution in [0.25, 0.3) is 11.4 Å². The van der Waals surface area contributed by atoms with Crippen molar-refractivity contribution in [3.8, 4) is 11.4 Å². The number of nitrogens with one attached hydrogen (secondary N) is 1. The molecule has 2 aromatic carbocycles. The third-order valence-electron chi connectivity index (χ3n) is 3.08. The van der Waals surface area contributed by atoms with E-state index in [1.54, 1.807) is 18.2 Å². The number of nitrogens with zero attached hydrogens (tertiary/aromatic N) is 3. The minimum Gasteiger partial charge on any atom is -0.323 e. The van der Waals surface area contributed by atoms with Gasteiger partial charge in [-0.15, -0.1) is 0 Å². The van der Waals surface area contributed by atoms with Gasteiger partial charge in [-0.1, -0.05) is 41.9 Å². The molecule has 0 spiro atoms. The fraction of sp³-hybridized carbons (Fsp3) is 0.0625. The summed E-state index contributed by atoms with van der Waals surface area (Å²) in [7, 11) is 0. The van der Waals surface area contributed by atoms with E-state index in [0.717, 1.165) is 10.0 Å². The molecular weight excluding hydrogens is 380 g/mol. The van der Waals surface area contributed by atoms with Gasteiger partial charge in [0.25, 0.3) is 0 Å². The maximum absolute atomic E-state index is 12.1. The number of anilines is 1. The molecule has 0 radical (unpaired) electrons. The Bertz CT molecular complexity index is 835. The first-order chi connectivity index (χ1) is 11.1. The molecule has 5 nitrogen and oxygen atoms in total. The van der Waals surface area contributed by atoms with E-state index in [-0.39, 0.29) is 12.5 Å². The van der Waals surface area contributed by atoms with Gasteiger partial charge < -0.3 is 5.32 Å². The van der Waals surface area contributed by atoms with E-state index in [4.69, 9.17) is 11.6 Å². The average molecular weight is 392 g/mol. The summed E-state index contributed by atoms with van der Waals surface area (Å²) in [6.07, 6.45) is 1.54. The number of halogens is 2. The van der Waals surface area contributed by atoms with Gasteiger partial charge in [0.2, 0.25) is 5.91 Å². The van der Waals surface area contributed by atoms with Crippen LogP contribution in [0.15, 0.2) is 59.3 Å². The normalized spacial score (nSPS) is 10.5. The number of hydrogen-bond donors (Lipinski definition) is 1. The number of aromatic nitrogens is 3. The molecule has 7 heteroatoms. The van der Waals surface area contributed by atoms with E-state index in [1.807, 2.05) is 30.3 Å². The van der Waals surface area contributed by atoms with E-state index in [2.05, 4.69) is 31.3 Å². The summed E-state index contributed by atoms with van der Waals surface area (Å²) in [6.45, 7) is 0.0682. The lowest BCUT2D eigenvalue weighted by Crippen LogP contribution is -2.19. The van der Waals surface area contributed by atoms with Crippen LogP contribution in [0.5, 0.6) is 0 Å². The number of rotatable bonds is 4. The fourth-order valence-electron chi connectivity index (χ4n) is 2.02. The van der Waals surface area contributed by atoms with Crippen LogP contribution < -0.4 is 5.32 Å². The van der Waals surface area contributed by atoms with Crippen LogP contribution in [0.3, 0.4) is 0 Å². The molecule has 3 rings (SSSR count). The smallest absolute Gasteiger partial charge is 0.246 e. The quantitative estimate of drug-likeness (QED) is 0.731. The molecule has 1 amide bonds. The SMILES string of the molecule is O=C(Cn1cnc(-c2ccccc2)n1)Nc1cc(Cl)ccc1Br. The van der Waals surface area contributed by atoms with Gasteiger partial charge in [0, 0.05) is 15.1 Å². The summed E-state index contributed by atoms with van der Waals surface area (Å²) >= 11 is 9.30. The molecule has 0 bridgehead atoms. The third-order valence-corrected chi connectivity index (χ3v) is 4.00. The van der Waals surface area contributed by atoms with Crippen molar-refractivity contribution in [1.29, 1.82) is 0 Å². The average Bonchev–Trinajstić information content (AvgIpc) is 3.00. The molecule has 0 fully saturated rings. The van der Waals surface area contributed by atoms with E-state index in [9.17, 15) is 4.79 Å². The molecule has 0 unspecified atom stereocenters. The second-order valence-electron chi connectivity index (χ2n) is 4.80. The molecule has 0 saturated heterocycles. The summed E-state index contributed by atoms with van der Waals surface area (Å²) in [5.74, 6) is 0.375. The Labute approximate surface area is 146 Å². The number of carbonyl (C=O) groups is 1. The minimum atomic E-state index is -0.211. The lowest BCUT2D eigenvalue weighted by molar-refractivity contribution is -0.116. The molecule has 1 heterocycles. The maximum atomic E-state index is 12.1. The first-order valence-corrected chi connectivity index (χ1v) is 7.99. The second-order valence-corrected chi connectivity index (χ2v) is 6.09. The van der Waals surface area contributed by atoms with Gasteiger partial charge in [0.15, 0.2) is 5.82 Å². The summed E-state index contributed by atoms with van der Waals surface area (Å²) in [5.41, 5.74) is 1.52. The van der Waals surface area contributed by atoms with Crippen LogP contribution in [0.2, 0.25) is 5.02 Å². The Morgan fingerprint density at radius 1 is 1.22 bits per heavy atom. The Balaban J connectivity index is 1.69. The lowest BCUT2D eigenvalue weighted by atomic mass is 10.2. The summed E-state index contributed by atoms with van der Waals surface area (Å²) in [4.78, 5) is 16.3. The second kappa shape index (κ2) is 6.93. The molecule has 0 atom stereocenters. The highest BCUT2D eigenvalue weighted by molar-refractivity contribution is 9.10. The fourth-order valence-corrected chi connectivity index (χ4v) is 2.54. The molecule has 0 aliphatic rings.